The molecule has 2 atom stereocenters. The quantitative estimate of drug-likeness (QED) is 0.0741. The minimum atomic E-state index is -4.38. The van der Waals surface area contributed by atoms with Crippen molar-refractivity contribution in [1.82, 2.24) is 10.6 Å². The van der Waals surface area contributed by atoms with E-state index in [9.17, 15) is 32.3 Å². The topological polar surface area (TPSA) is 140 Å². The number of aromatic hydroxyl groups is 1. The summed E-state index contributed by atoms with van der Waals surface area (Å²) in [6.45, 7) is 3.58. The number of esters is 2. The molecule has 0 fully saturated rings. The minimum absolute atomic E-state index is 0.0701. The van der Waals surface area contributed by atoms with Crippen LogP contribution >= 0.6 is 39.1 Å². The van der Waals surface area contributed by atoms with Gasteiger partial charge in [-0.2, -0.15) is 13.2 Å². The van der Waals surface area contributed by atoms with Crippen molar-refractivity contribution in [1.29, 1.82) is 0 Å². The lowest BCUT2D eigenvalue weighted by molar-refractivity contribution is -0.152. The van der Waals surface area contributed by atoms with Gasteiger partial charge in [0, 0.05) is 29.5 Å². The number of hydrogen-bond donors (Lipinski definition) is 3. The molecule has 4 rings (SSSR count). The van der Waals surface area contributed by atoms with Crippen molar-refractivity contribution in [3.8, 4) is 11.5 Å². The molecular weight excluding hydrogens is 808 g/mol. The Bertz CT molecular complexity index is 1750. The van der Waals surface area contributed by atoms with Crippen molar-refractivity contribution in [2.24, 2.45) is 0 Å². The monoisotopic (exact) mass is 842 g/mol. The number of carbonyl (C=O) groups is 4. The predicted octanol–water partition coefficient (Wildman–Crippen LogP) is 8.01. The maximum Gasteiger partial charge on any atom is 0.416 e. The van der Waals surface area contributed by atoms with Crippen LogP contribution in [0.15, 0.2) is 103 Å². The zero-order valence-corrected chi connectivity index (χ0v) is 31.5. The van der Waals surface area contributed by atoms with Crippen molar-refractivity contribution >= 4 is 62.9 Å². The van der Waals surface area contributed by atoms with E-state index >= 15 is 0 Å². The highest BCUT2D eigenvalue weighted by Gasteiger charge is 2.30. The molecule has 0 spiro atoms. The second kappa shape index (κ2) is 23.0. The van der Waals surface area contributed by atoms with Gasteiger partial charge in [0.1, 0.15) is 29.5 Å². The molecule has 2 unspecified atom stereocenters. The van der Waals surface area contributed by atoms with Crippen LogP contribution in [0.25, 0.3) is 0 Å². The van der Waals surface area contributed by atoms with Gasteiger partial charge in [-0.3, -0.25) is 14.4 Å². The molecule has 0 saturated heterocycles. The number of phenolic OH excluding ortho intramolecular Hbond substituents is 1. The van der Waals surface area contributed by atoms with Crippen LogP contribution in [0.4, 0.5) is 13.2 Å². The van der Waals surface area contributed by atoms with Crippen LogP contribution < -0.4 is 15.4 Å². The Morgan fingerprint density at radius 3 is 1.66 bits per heavy atom. The number of alkyl halides is 4. The summed E-state index contributed by atoms with van der Waals surface area (Å²) in [7, 11) is 0. The van der Waals surface area contributed by atoms with E-state index in [0.29, 0.717) is 34.0 Å². The fraction of sp³-hybridized carbons (Fsp3) is 0.243. The first kappa shape index (κ1) is 44.4. The van der Waals surface area contributed by atoms with E-state index in [0.717, 1.165) is 17.7 Å². The third kappa shape index (κ3) is 18.0. The smallest absolute Gasteiger partial charge is 0.416 e. The number of amides is 2. The van der Waals surface area contributed by atoms with E-state index in [1.54, 1.807) is 60.7 Å². The van der Waals surface area contributed by atoms with E-state index in [1.165, 1.54) is 19.9 Å². The van der Waals surface area contributed by atoms with Gasteiger partial charge in [0.05, 0.1) is 18.7 Å². The van der Waals surface area contributed by atoms with Crippen LogP contribution in [0.2, 0.25) is 10.0 Å². The number of rotatable bonds is 12. The summed E-state index contributed by atoms with van der Waals surface area (Å²) in [4.78, 5) is 44.9. The van der Waals surface area contributed by atoms with Gasteiger partial charge >= 0.3 is 18.1 Å². The van der Waals surface area contributed by atoms with Crippen LogP contribution in [-0.4, -0.2) is 55.2 Å². The molecule has 10 nitrogen and oxygen atoms in total. The van der Waals surface area contributed by atoms with E-state index < -0.39 is 34.6 Å². The van der Waals surface area contributed by atoms with Crippen molar-refractivity contribution in [3.63, 3.8) is 0 Å². The number of hydrogen-bond acceptors (Lipinski definition) is 8. The van der Waals surface area contributed by atoms with Crippen LogP contribution in [0.1, 0.15) is 41.5 Å². The van der Waals surface area contributed by atoms with Crippen LogP contribution in [-0.2, 0) is 34.8 Å². The molecule has 284 valence electrons. The highest BCUT2D eigenvalue weighted by molar-refractivity contribution is 9.09. The predicted molar refractivity (Wildman–Crippen MR) is 197 cm³/mol. The first-order valence-corrected chi connectivity index (χ1v) is 17.3. The number of phenols is 1. The summed E-state index contributed by atoms with van der Waals surface area (Å²) >= 11 is 14.9. The molecule has 0 heterocycles. The second-order valence-corrected chi connectivity index (χ2v) is 12.4. The van der Waals surface area contributed by atoms with Gasteiger partial charge in [0.2, 0.25) is 17.9 Å². The molecule has 0 saturated carbocycles. The van der Waals surface area contributed by atoms with Gasteiger partial charge in [0.15, 0.2) is 0 Å². The second-order valence-electron chi connectivity index (χ2n) is 10.6. The van der Waals surface area contributed by atoms with Gasteiger partial charge in [-0.1, -0.05) is 87.7 Å². The van der Waals surface area contributed by atoms with Crippen LogP contribution in [0.3, 0.4) is 0 Å². The maximum atomic E-state index is 12.4. The third-order valence-electron chi connectivity index (χ3n) is 6.37. The Hall–Kier alpha value is -4.79. The standard InChI is InChI=1S/C18H18ClNO4.C12H13BrClNO3.C7H5F3O/c1-13(21)20-11-12-23-18(22)17(14-7-9-15(19)10-8-14)24-16-5-3-2-4-6-16;1-8(16)15-6-7-18-12(17)11(13)9-2-4-10(14)5-3-9;8-7(9,10)5-2-1-3-6(11)4-5/h2-10,17H,11-12H2,1H3,(H,20,21);2-5,11H,6-7H2,1H3,(H,15,16);1-4,11H. The Balaban J connectivity index is 0.000000295. The summed E-state index contributed by atoms with van der Waals surface area (Å²) < 4.78 is 51.6. The summed E-state index contributed by atoms with van der Waals surface area (Å²) in [5, 5.41) is 15.0. The van der Waals surface area contributed by atoms with Gasteiger partial charge < -0.3 is 30.0 Å². The van der Waals surface area contributed by atoms with Gasteiger partial charge in [0.25, 0.3) is 0 Å². The normalized spacial score (nSPS) is 11.5. The fourth-order valence-electron chi connectivity index (χ4n) is 3.88. The van der Waals surface area contributed by atoms with E-state index in [1.807, 2.05) is 18.2 Å². The lowest BCUT2D eigenvalue weighted by atomic mass is 10.1. The summed E-state index contributed by atoms with van der Waals surface area (Å²) in [6, 6.07) is 26.6. The lowest BCUT2D eigenvalue weighted by Crippen LogP contribution is -2.28. The number of halogens is 6. The molecule has 4 aromatic rings. The molecular formula is C37H36BrCl2F3N2O8. The average molecular weight is 845 g/mol. The fourth-order valence-corrected chi connectivity index (χ4v) is 4.57. The number of ether oxygens (including phenoxy) is 3. The Kier molecular flexibility index (Phi) is 19.3. The van der Waals surface area contributed by atoms with Crippen molar-refractivity contribution in [2.45, 2.75) is 31.0 Å². The van der Waals surface area contributed by atoms with Crippen LogP contribution in [0, 0.1) is 0 Å². The zero-order valence-electron chi connectivity index (χ0n) is 28.4. The molecule has 0 aliphatic rings. The summed E-state index contributed by atoms with van der Waals surface area (Å²) in [5.74, 6) is -1.09. The molecule has 2 amide bonds. The Labute approximate surface area is 322 Å². The lowest BCUT2D eigenvalue weighted by Gasteiger charge is -2.18. The SMILES string of the molecule is CC(=O)NCCOC(=O)C(Br)c1ccc(Cl)cc1.CC(=O)NCCOC(=O)C(Oc1ccccc1)c1ccc(Cl)cc1.Oc1cccc(C(F)(F)F)c1. The molecule has 0 aromatic heterocycles. The third-order valence-corrected chi connectivity index (χ3v) is 7.77. The Morgan fingerprint density at radius 2 is 1.21 bits per heavy atom. The highest BCUT2D eigenvalue weighted by atomic mass is 79.9. The van der Waals surface area contributed by atoms with Crippen molar-refractivity contribution in [3.05, 3.63) is 130 Å². The molecule has 53 heavy (non-hydrogen) atoms. The van der Waals surface area contributed by atoms with Crippen molar-refractivity contribution in [2.75, 3.05) is 26.3 Å². The Morgan fingerprint density at radius 1 is 0.717 bits per heavy atom. The van der Waals surface area contributed by atoms with Crippen LogP contribution in [0.5, 0.6) is 11.5 Å². The largest absolute Gasteiger partial charge is 0.508 e. The van der Waals surface area contributed by atoms with E-state index in [2.05, 4.69) is 26.6 Å². The molecule has 0 aliphatic carbocycles. The first-order chi connectivity index (χ1) is 25.1. The summed E-state index contributed by atoms with van der Waals surface area (Å²) in [6.07, 6.45) is -5.29. The molecule has 4 aromatic carbocycles. The summed E-state index contributed by atoms with van der Waals surface area (Å²) in [5.41, 5.74) is 0.564. The van der Waals surface area contributed by atoms with Gasteiger partial charge in [-0.05, 0) is 60.2 Å². The van der Waals surface area contributed by atoms with Gasteiger partial charge in [-0.15, -0.1) is 0 Å². The molecule has 0 aliphatic heterocycles. The number of benzene rings is 4. The molecule has 0 bridgehead atoms. The number of para-hydroxylation sites is 1. The average Bonchev–Trinajstić information content (AvgIpc) is 3.12. The van der Waals surface area contributed by atoms with E-state index in [4.69, 9.17) is 42.5 Å². The number of carbonyl (C=O) groups excluding carboxylic acids is 4. The van der Waals surface area contributed by atoms with Crippen molar-refractivity contribution < 1.29 is 51.7 Å². The zero-order chi connectivity index (χ0) is 39.4. The van der Waals surface area contributed by atoms with Gasteiger partial charge in [-0.25, -0.2) is 4.79 Å². The number of nitrogens with one attached hydrogen (secondary N) is 2. The molecule has 3 N–H and O–H groups in total. The van der Waals surface area contributed by atoms with E-state index in [-0.39, 0.29) is 37.3 Å². The molecule has 16 heteroatoms. The first-order valence-electron chi connectivity index (χ1n) is 15.6. The maximum absolute atomic E-state index is 12.4. The minimum Gasteiger partial charge on any atom is -0.508 e. The highest BCUT2D eigenvalue weighted by Crippen LogP contribution is 2.31. The molecule has 0 radical (unpaired) electrons.